The molecular formula is C21H22ClNO4S. The summed E-state index contributed by atoms with van der Waals surface area (Å²) in [7, 11) is -2.56. The number of hydrogen-bond donors (Lipinski definition) is 0. The molecule has 0 aliphatic carbocycles. The fourth-order valence-electron chi connectivity index (χ4n) is 3.67. The van der Waals surface area contributed by atoms with Crippen LogP contribution >= 0.6 is 11.6 Å². The molecule has 2 aromatic carbocycles. The SMILES string of the molecule is COC(=O)CCc1cc2cc(Cl)ccc2n1S(=O)(=O)c1c(C)cc(C)cc1C. The van der Waals surface area contributed by atoms with Crippen molar-refractivity contribution in [2.75, 3.05) is 7.11 Å². The first-order valence-corrected chi connectivity index (χ1v) is 10.7. The highest BCUT2D eigenvalue weighted by Crippen LogP contribution is 2.31. The van der Waals surface area contributed by atoms with Crippen LogP contribution in [0.2, 0.25) is 5.02 Å². The summed E-state index contributed by atoms with van der Waals surface area (Å²) in [5, 5.41) is 1.22. The van der Waals surface area contributed by atoms with E-state index in [1.54, 1.807) is 38.1 Å². The van der Waals surface area contributed by atoms with E-state index >= 15 is 0 Å². The fourth-order valence-corrected chi connectivity index (χ4v) is 5.85. The van der Waals surface area contributed by atoms with Gasteiger partial charge in [0.15, 0.2) is 0 Å². The second-order valence-corrected chi connectivity index (χ2v) is 9.07. The molecule has 148 valence electrons. The molecule has 3 rings (SSSR count). The van der Waals surface area contributed by atoms with E-state index in [-0.39, 0.29) is 17.7 Å². The van der Waals surface area contributed by atoms with E-state index < -0.39 is 16.0 Å². The van der Waals surface area contributed by atoms with Crippen molar-refractivity contribution in [1.82, 2.24) is 3.97 Å². The summed E-state index contributed by atoms with van der Waals surface area (Å²) in [4.78, 5) is 11.9. The van der Waals surface area contributed by atoms with Gasteiger partial charge in [0.05, 0.1) is 23.9 Å². The number of aryl methyl sites for hydroxylation is 4. The number of fused-ring (bicyclic) bond motifs is 1. The number of nitrogens with zero attached hydrogens (tertiary/aromatic N) is 1. The van der Waals surface area contributed by atoms with Gasteiger partial charge in [-0.15, -0.1) is 0 Å². The Morgan fingerprint density at radius 3 is 2.32 bits per heavy atom. The van der Waals surface area contributed by atoms with E-state index in [4.69, 9.17) is 16.3 Å². The zero-order valence-electron chi connectivity index (χ0n) is 16.2. The second kappa shape index (κ2) is 7.60. The number of benzene rings is 2. The van der Waals surface area contributed by atoms with Gasteiger partial charge in [0.25, 0.3) is 10.0 Å². The molecule has 0 N–H and O–H groups in total. The van der Waals surface area contributed by atoms with Crippen molar-refractivity contribution in [2.24, 2.45) is 0 Å². The lowest BCUT2D eigenvalue weighted by Gasteiger charge is -2.16. The van der Waals surface area contributed by atoms with E-state index in [2.05, 4.69) is 0 Å². The predicted octanol–water partition coefficient (Wildman–Crippen LogP) is 4.56. The van der Waals surface area contributed by atoms with Crippen LogP contribution in [0.4, 0.5) is 0 Å². The minimum Gasteiger partial charge on any atom is -0.469 e. The van der Waals surface area contributed by atoms with Gasteiger partial charge in [-0.2, -0.15) is 0 Å². The molecule has 0 amide bonds. The number of hydrogen-bond acceptors (Lipinski definition) is 4. The van der Waals surface area contributed by atoms with Crippen LogP contribution in [-0.2, 0) is 26.0 Å². The summed E-state index contributed by atoms with van der Waals surface area (Å²) in [6.07, 6.45) is 0.324. The van der Waals surface area contributed by atoms with Crippen molar-refractivity contribution in [1.29, 1.82) is 0 Å². The van der Waals surface area contributed by atoms with Gasteiger partial charge >= 0.3 is 5.97 Å². The lowest BCUT2D eigenvalue weighted by Crippen LogP contribution is -2.18. The van der Waals surface area contributed by atoms with Gasteiger partial charge in [-0.25, -0.2) is 12.4 Å². The lowest BCUT2D eigenvalue weighted by molar-refractivity contribution is -0.140. The van der Waals surface area contributed by atoms with Gasteiger partial charge in [-0.3, -0.25) is 4.79 Å². The molecule has 1 aromatic heterocycles. The molecule has 28 heavy (non-hydrogen) atoms. The Balaban J connectivity index is 2.27. The first-order chi connectivity index (χ1) is 13.1. The van der Waals surface area contributed by atoms with Crippen molar-refractivity contribution in [2.45, 2.75) is 38.5 Å². The maximum atomic E-state index is 13.7. The molecule has 0 saturated heterocycles. The van der Waals surface area contributed by atoms with Gasteiger partial charge in [0.1, 0.15) is 0 Å². The van der Waals surface area contributed by atoms with Crippen molar-refractivity contribution in [3.63, 3.8) is 0 Å². The van der Waals surface area contributed by atoms with Gasteiger partial charge in [0.2, 0.25) is 0 Å². The molecule has 0 saturated carbocycles. The number of aromatic nitrogens is 1. The minimum absolute atomic E-state index is 0.0853. The van der Waals surface area contributed by atoms with E-state index in [0.29, 0.717) is 32.7 Å². The van der Waals surface area contributed by atoms with Gasteiger partial charge in [-0.1, -0.05) is 29.3 Å². The van der Waals surface area contributed by atoms with Crippen LogP contribution < -0.4 is 0 Å². The summed E-state index contributed by atoms with van der Waals surface area (Å²) >= 11 is 6.10. The van der Waals surface area contributed by atoms with Crippen LogP contribution in [0.15, 0.2) is 41.3 Å². The van der Waals surface area contributed by atoms with Gasteiger partial charge in [-0.05, 0) is 62.6 Å². The van der Waals surface area contributed by atoms with Crippen LogP contribution in [-0.4, -0.2) is 25.5 Å². The Hall–Kier alpha value is -2.31. The zero-order chi connectivity index (χ0) is 20.6. The molecule has 0 aliphatic heterocycles. The summed E-state index contributed by atoms with van der Waals surface area (Å²) < 4.78 is 33.4. The molecule has 5 nitrogen and oxygen atoms in total. The molecule has 0 unspecified atom stereocenters. The summed E-state index contributed by atoms with van der Waals surface area (Å²) in [6, 6.07) is 10.6. The van der Waals surface area contributed by atoms with Crippen LogP contribution in [0.3, 0.4) is 0 Å². The first-order valence-electron chi connectivity index (χ1n) is 8.85. The Kier molecular flexibility index (Phi) is 5.55. The standard InChI is InChI=1S/C21H22ClNO4S/c1-13-9-14(2)21(15(3)10-13)28(25,26)23-18(6-8-20(24)27-4)12-16-11-17(22)5-7-19(16)23/h5,7,9-12H,6,8H2,1-4H3. The molecule has 1 heterocycles. The highest BCUT2D eigenvalue weighted by Gasteiger charge is 2.27. The maximum absolute atomic E-state index is 13.7. The highest BCUT2D eigenvalue weighted by atomic mass is 35.5. The van der Waals surface area contributed by atoms with Crippen LogP contribution in [0.5, 0.6) is 0 Å². The smallest absolute Gasteiger partial charge is 0.305 e. The van der Waals surface area contributed by atoms with Crippen LogP contribution in [0.1, 0.15) is 28.8 Å². The van der Waals surface area contributed by atoms with Crippen molar-refractivity contribution in [3.8, 4) is 0 Å². The van der Waals surface area contributed by atoms with Crippen molar-refractivity contribution < 1.29 is 17.9 Å². The number of ether oxygens (including phenoxy) is 1. The van der Waals surface area contributed by atoms with Gasteiger partial charge < -0.3 is 4.74 Å². The van der Waals surface area contributed by atoms with Crippen molar-refractivity contribution >= 4 is 38.5 Å². The highest BCUT2D eigenvalue weighted by molar-refractivity contribution is 7.90. The van der Waals surface area contributed by atoms with E-state index in [1.807, 2.05) is 19.1 Å². The maximum Gasteiger partial charge on any atom is 0.305 e. The average molecular weight is 420 g/mol. The molecule has 0 atom stereocenters. The normalized spacial score (nSPS) is 11.8. The molecule has 0 spiro atoms. The predicted molar refractivity (Wildman–Crippen MR) is 111 cm³/mol. The first kappa shape index (κ1) is 20.4. The molecule has 0 aliphatic rings. The number of rotatable bonds is 5. The van der Waals surface area contributed by atoms with E-state index in [1.165, 1.54) is 11.1 Å². The number of carbonyl (C=O) groups is 1. The fraction of sp³-hybridized carbons (Fsp3) is 0.286. The summed E-state index contributed by atoms with van der Waals surface area (Å²) in [6.45, 7) is 5.53. The zero-order valence-corrected chi connectivity index (χ0v) is 17.8. The van der Waals surface area contributed by atoms with Crippen LogP contribution in [0, 0.1) is 20.8 Å². The molecular weight excluding hydrogens is 398 g/mol. The quantitative estimate of drug-likeness (QED) is 0.568. The number of halogens is 1. The molecule has 7 heteroatoms. The Labute approximate surface area is 169 Å². The van der Waals surface area contributed by atoms with Crippen molar-refractivity contribution in [3.05, 3.63) is 63.8 Å². The topological polar surface area (TPSA) is 65.4 Å². The monoisotopic (exact) mass is 419 g/mol. The minimum atomic E-state index is -3.88. The molecule has 3 aromatic rings. The van der Waals surface area contributed by atoms with Crippen LogP contribution in [0.25, 0.3) is 10.9 Å². The summed E-state index contributed by atoms with van der Waals surface area (Å²) in [5.74, 6) is -0.394. The van der Waals surface area contributed by atoms with E-state index in [9.17, 15) is 13.2 Å². The second-order valence-electron chi connectivity index (χ2n) is 6.91. The van der Waals surface area contributed by atoms with Gasteiger partial charge in [0, 0.05) is 16.1 Å². The Morgan fingerprint density at radius 2 is 1.71 bits per heavy atom. The third-order valence-electron chi connectivity index (χ3n) is 4.71. The largest absolute Gasteiger partial charge is 0.469 e. The molecule has 0 bridgehead atoms. The number of methoxy groups -OCH3 is 1. The average Bonchev–Trinajstić information content (AvgIpc) is 2.96. The number of esters is 1. The third-order valence-corrected chi connectivity index (χ3v) is 7.01. The third kappa shape index (κ3) is 3.66. The number of carbonyl (C=O) groups excluding carboxylic acids is 1. The molecule has 0 radical (unpaired) electrons. The Bertz CT molecular complexity index is 1160. The Morgan fingerprint density at radius 1 is 1.07 bits per heavy atom. The lowest BCUT2D eigenvalue weighted by atomic mass is 10.1. The van der Waals surface area contributed by atoms with E-state index in [0.717, 1.165) is 5.56 Å². The summed E-state index contributed by atoms with van der Waals surface area (Å²) in [5.41, 5.74) is 3.43. The molecule has 0 fully saturated rings.